The second-order valence-electron chi connectivity index (χ2n) is 7.77. The summed E-state index contributed by atoms with van der Waals surface area (Å²) in [5.41, 5.74) is 5.15. The smallest absolute Gasteiger partial charge is 0.137 e. The summed E-state index contributed by atoms with van der Waals surface area (Å²) in [6, 6.07) is 11.4. The van der Waals surface area contributed by atoms with Gasteiger partial charge in [-0.05, 0) is 55.0 Å². The van der Waals surface area contributed by atoms with Crippen LogP contribution >= 0.6 is 0 Å². The third kappa shape index (κ3) is 2.77. The first-order valence-corrected chi connectivity index (χ1v) is 9.27. The Morgan fingerprint density at radius 3 is 2.69 bits per heavy atom. The lowest BCUT2D eigenvalue weighted by Gasteiger charge is -2.25. The molecule has 4 heteroatoms. The van der Waals surface area contributed by atoms with E-state index >= 15 is 0 Å². The van der Waals surface area contributed by atoms with Crippen LogP contribution in [-0.4, -0.2) is 29.1 Å². The van der Waals surface area contributed by atoms with Gasteiger partial charge in [-0.25, -0.2) is 0 Å². The molecule has 2 aromatic rings. The van der Waals surface area contributed by atoms with Crippen LogP contribution in [0.5, 0.6) is 5.75 Å². The van der Waals surface area contributed by atoms with Gasteiger partial charge in [0.2, 0.25) is 0 Å². The molecular weight excluding hydrogens is 322 g/mol. The van der Waals surface area contributed by atoms with Crippen LogP contribution in [0.15, 0.2) is 36.7 Å². The van der Waals surface area contributed by atoms with Gasteiger partial charge in [-0.15, -0.1) is 0 Å². The molecule has 1 aliphatic heterocycles. The van der Waals surface area contributed by atoms with Crippen LogP contribution in [0.25, 0.3) is 0 Å². The monoisotopic (exact) mass is 347 g/mol. The molecule has 2 heterocycles. The number of nitriles is 1. The van der Waals surface area contributed by atoms with Crippen molar-refractivity contribution in [3.8, 4) is 11.8 Å². The zero-order chi connectivity index (χ0) is 18.3. The van der Waals surface area contributed by atoms with E-state index in [0.29, 0.717) is 0 Å². The van der Waals surface area contributed by atoms with E-state index in [1.165, 1.54) is 16.7 Å². The molecule has 2 fully saturated rings. The van der Waals surface area contributed by atoms with E-state index in [-0.39, 0.29) is 17.4 Å². The second-order valence-corrected chi connectivity index (χ2v) is 7.77. The number of aromatic nitrogens is 1. The number of hydrogen-bond acceptors (Lipinski definition) is 4. The SMILES string of the molecule is COc1cncc(C2CN(Cc3ccc(C)c(C)c3)C3(CC3)C2C#N)c1. The van der Waals surface area contributed by atoms with Gasteiger partial charge in [0.15, 0.2) is 0 Å². The van der Waals surface area contributed by atoms with Gasteiger partial charge in [-0.2, -0.15) is 5.26 Å². The number of pyridine rings is 1. The minimum absolute atomic E-state index is 0.0166. The number of likely N-dealkylation sites (tertiary alicyclic amines) is 1. The third-order valence-corrected chi connectivity index (χ3v) is 6.27. The number of ether oxygens (including phenoxy) is 1. The first kappa shape index (κ1) is 17.1. The van der Waals surface area contributed by atoms with Crippen LogP contribution in [0.1, 0.15) is 41.0 Å². The van der Waals surface area contributed by atoms with Crippen LogP contribution in [-0.2, 0) is 6.54 Å². The molecule has 1 aromatic heterocycles. The largest absolute Gasteiger partial charge is 0.495 e. The highest BCUT2D eigenvalue weighted by atomic mass is 16.5. The molecule has 134 valence electrons. The third-order valence-electron chi connectivity index (χ3n) is 6.27. The van der Waals surface area contributed by atoms with Gasteiger partial charge in [-0.1, -0.05) is 18.2 Å². The van der Waals surface area contributed by atoms with Gasteiger partial charge in [0.25, 0.3) is 0 Å². The van der Waals surface area contributed by atoms with Crippen LogP contribution < -0.4 is 4.74 Å². The minimum Gasteiger partial charge on any atom is -0.495 e. The molecule has 2 aliphatic rings. The summed E-state index contributed by atoms with van der Waals surface area (Å²) in [6.07, 6.45) is 5.85. The average molecular weight is 347 g/mol. The Kier molecular flexibility index (Phi) is 4.20. The van der Waals surface area contributed by atoms with Crippen molar-refractivity contribution in [3.63, 3.8) is 0 Å². The highest BCUT2D eigenvalue weighted by molar-refractivity contribution is 5.35. The fourth-order valence-electron chi connectivity index (χ4n) is 4.45. The summed E-state index contributed by atoms with van der Waals surface area (Å²) in [5.74, 6) is 0.969. The molecular formula is C22H25N3O. The van der Waals surface area contributed by atoms with E-state index in [4.69, 9.17) is 4.74 Å². The van der Waals surface area contributed by atoms with Crippen LogP contribution in [0, 0.1) is 31.1 Å². The summed E-state index contributed by atoms with van der Waals surface area (Å²) < 4.78 is 5.34. The maximum absolute atomic E-state index is 9.94. The summed E-state index contributed by atoms with van der Waals surface area (Å²) in [7, 11) is 1.66. The normalized spacial score (nSPS) is 23.8. The highest BCUT2D eigenvalue weighted by Crippen LogP contribution is 2.58. The predicted molar refractivity (Wildman–Crippen MR) is 101 cm³/mol. The zero-order valence-electron chi connectivity index (χ0n) is 15.7. The number of hydrogen-bond donors (Lipinski definition) is 0. The Labute approximate surface area is 155 Å². The van der Waals surface area contributed by atoms with Gasteiger partial charge in [0, 0.05) is 30.7 Å². The van der Waals surface area contributed by atoms with E-state index in [1.54, 1.807) is 13.3 Å². The number of nitrogens with zero attached hydrogens (tertiary/aromatic N) is 3. The molecule has 0 radical (unpaired) electrons. The van der Waals surface area contributed by atoms with Gasteiger partial charge in [0.1, 0.15) is 5.75 Å². The standard InChI is InChI=1S/C22H25N3O/c1-15-4-5-17(8-16(15)2)13-25-14-20(21(10-23)22(25)6-7-22)18-9-19(26-3)12-24-11-18/h4-5,8-9,11-12,20-21H,6-7,13-14H2,1-3H3. The fourth-order valence-corrected chi connectivity index (χ4v) is 4.45. The molecule has 4 nitrogen and oxygen atoms in total. The van der Waals surface area contributed by atoms with Crippen molar-refractivity contribution in [2.75, 3.05) is 13.7 Å². The predicted octanol–water partition coefficient (Wildman–Crippen LogP) is 3.98. The first-order valence-electron chi connectivity index (χ1n) is 9.27. The highest BCUT2D eigenvalue weighted by Gasteiger charge is 2.61. The van der Waals surface area contributed by atoms with Crippen LogP contribution in [0.4, 0.5) is 0 Å². The number of benzene rings is 1. The Hall–Kier alpha value is -2.38. The van der Waals surface area contributed by atoms with Gasteiger partial charge in [0.05, 0.1) is 25.3 Å². The van der Waals surface area contributed by atoms with E-state index in [2.05, 4.69) is 48.0 Å². The molecule has 1 aromatic carbocycles. The molecule has 1 saturated heterocycles. The minimum atomic E-state index is 0.0166. The van der Waals surface area contributed by atoms with Crippen molar-refractivity contribution in [1.29, 1.82) is 5.26 Å². The Balaban J connectivity index is 1.63. The number of aryl methyl sites for hydroxylation is 2. The maximum Gasteiger partial charge on any atom is 0.137 e. The molecule has 2 atom stereocenters. The Morgan fingerprint density at radius 1 is 1.23 bits per heavy atom. The summed E-state index contributed by atoms with van der Waals surface area (Å²) >= 11 is 0. The molecule has 0 bridgehead atoms. The van der Waals surface area contributed by atoms with Crippen molar-refractivity contribution in [3.05, 3.63) is 58.9 Å². The molecule has 4 rings (SSSR count). The molecule has 2 unspecified atom stereocenters. The van der Waals surface area contributed by atoms with E-state index < -0.39 is 0 Å². The van der Waals surface area contributed by atoms with Gasteiger partial charge in [-0.3, -0.25) is 9.88 Å². The molecule has 1 aliphatic carbocycles. The van der Waals surface area contributed by atoms with Gasteiger partial charge < -0.3 is 4.74 Å². The summed E-state index contributed by atoms with van der Waals surface area (Å²) in [5, 5.41) is 9.94. The average Bonchev–Trinajstić information content (AvgIpc) is 3.38. The van der Waals surface area contributed by atoms with E-state index in [1.807, 2.05) is 12.3 Å². The molecule has 0 N–H and O–H groups in total. The van der Waals surface area contributed by atoms with Crippen molar-refractivity contribution in [2.45, 2.75) is 44.7 Å². The lowest BCUT2D eigenvalue weighted by atomic mass is 9.85. The fraction of sp³-hybridized carbons (Fsp3) is 0.455. The quantitative estimate of drug-likeness (QED) is 0.839. The molecule has 26 heavy (non-hydrogen) atoms. The molecule has 1 spiro atoms. The van der Waals surface area contributed by atoms with Gasteiger partial charge >= 0.3 is 0 Å². The van der Waals surface area contributed by atoms with Crippen LogP contribution in [0.3, 0.4) is 0 Å². The lowest BCUT2D eigenvalue weighted by Crippen LogP contribution is -2.34. The van der Waals surface area contributed by atoms with Crippen molar-refractivity contribution < 1.29 is 4.74 Å². The second kappa shape index (κ2) is 6.41. The van der Waals surface area contributed by atoms with Crippen LogP contribution in [0.2, 0.25) is 0 Å². The number of methoxy groups -OCH3 is 1. The summed E-state index contributed by atoms with van der Waals surface area (Å²) in [4.78, 5) is 6.85. The van der Waals surface area contributed by atoms with Crippen molar-refractivity contribution in [1.82, 2.24) is 9.88 Å². The number of rotatable bonds is 4. The maximum atomic E-state index is 9.94. The molecule has 0 amide bonds. The lowest BCUT2D eigenvalue weighted by molar-refractivity contribution is 0.211. The first-order chi connectivity index (χ1) is 12.6. The van der Waals surface area contributed by atoms with E-state index in [9.17, 15) is 5.26 Å². The summed E-state index contributed by atoms with van der Waals surface area (Å²) in [6.45, 7) is 6.13. The molecule has 1 saturated carbocycles. The Bertz CT molecular complexity index is 866. The topological polar surface area (TPSA) is 49.1 Å². The zero-order valence-corrected chi connectivity index (χ0v) is 15.7. The van der Waals surface area contributed by atoms with Crippen molar-refractivity contribution >= 4 is 0 Å². The van der Waals surface area contributed by atoms with Crippen molar-refractivity contribution in [2.24, 2.45) is 5.92 Å². The van der Waals surface area contributed by atoms with E-state index in [0.717, 1.165) is 37.2 Å². The Morgan fingerprint density at radius 2 is 2.04 bits per heavy atom.